The Kier molecular flexibility index (Phi) is 5.50. The summed E-state index contributed by atoms with van der Waals surface area (Å²) < 4.78 is 11.2. The Hall–Kier alpha value is -2.64. The summed E-state index contributed by atoms with van der Waals surface area (Å²) in [4.78, 5) is 4.68. The Labute approximate surface area is 165 Å². The molecule has 7 heteroatoms. The first-order chi connectivity index (χ1) is 13.3. The molecule has 0 radical (unpaired) electrons. The van der Waals surface area contributed by atoms with E-state index in [1.165, 1.54) is 11.8 Å². The van der Waals surface area contributed by atoms with Gasteiger partial charge in [-0.1, -0.05) is 42.1 Å². The molecule has 0 amide bonds. The molecule has 0 atom stereocenters. The maximum atomic E-state index is 5.76. The Morgan fingerprint density at radius 2 is 1.81 bits per heavy atom. The standard InChI is InChI=1S/C20H17N3O2S2/c1-2-24-17-10-8-14(9-11-17)18-22-23-20(25-18)27-13-16-12-26-19(21-16)15-6-4-3-5-7-15/h3-12H,2,13H2,1H3. The van der Waals surface area contributed by atoms with Crippen molar-refractivity contribution in [1.82, 2.24) is 15.2 Å². The lowest BCUT2D eigenvalue weighted by atomic mass is 10.2. The molecule has 0 aliphatic heterocycles. The van der Waals surface area contributed by atoms with Gasteiger partial charge in [-0.2, -0.15) is 0 Å². The maximum Gasteiger partial charge on any atom is 0.277 e. The first-order valence-corrected chi connectivity index (χ1v) is 10.4. The van der Waals surface area contributed by atoms with Gasteiger partial charge in [-0.05, 0) is 31.2 Å². The van der Waals surface area contributed by atoms with Crippen molar-refractivity contribution in [3.8, 4) is 27.8 Å². The molecule has 2 aromatic heterocycles. The van der Waals surface area contributed by atoms with Crippen LogP contribution in [0.4, 0.5) is 0 Å². The Balaban J connectivity index is 1.39. The number of nitrogens with zero attached hydrogens (tertiary/aromatic N) is 3. The van der Waals surface area contributed by atoms with Crippen LogP contribution in [-0.2, 0) is 5.75 Å². The molecule has 0 aliphatic carbocycles. The smallest absolute Gasteiger partial charge is 0.277 e. The zero-order chi connectivity index (χ0) is 18.5. The van der Waals surface area contributed by atoms with E-state index in [1.54, 1.807) is 11.3 Å². The molecule has 5 nitrogen and oxygen atoms in total. The third-order valence-corrected chi connectivity index (χ3v) is 5.53. The highest BCUT2D eigenvalue weighted by Crippen LogP contribution is 2.29. The summed E-state index contributed by atoms with van der Waals surface area (Å²) >= 11 is 3.13. The molecule has 0 aliphatic rings. The second-order valence-corrected chi connectivity index (χ2v) is 7.41. The zero-order valence-electron chi connectivity index (χ0n) is 14.7. The molecule has 0 saturated carbocycles. The molecule has 4 rings (SSSR count). The lowest BCUT2D eigenvalue weighted by Gasteiger charge is -2.02. The summed E-state index contributed by atoms with van der Waals surface area (Å²) in [6.45, 7) is 2.60. The van der Waals surface area contributed by atoms with Crippen LogP contribution >= 0.6 is 23.1 Å². The second kappa shape index (κ2) is 8.37. The number of rotatable bonds is 7. The highest BCUT2D eigenvalue weighted by molar-refractivity contribution is 7.98. The van der Waals surface area contributed by atoms with Gasteiger partial charge in [0, 0.05) is 22.3 Å². The van der Waals surface area contributed by atoms with Crippen LogP contribution in [-0.4, -0.2) is 21.8 Å². The zero-order valence-corrected chi connectivity index (χ0v) is 16.3. The Bertz CT molecular complexity index is 998. The molecular weight excluding hydrogens is 378 g/mol. The maximum absolute atomic E-state index is 5.76. The molecule has 2 heterocycles. The number of aromatic nitrogens is 3. The molecule has 0 bridgehead atoms. The monoisotopic (exact) mass is 395 g/mol. The Morgan fingerprint density at radius 3 is 2.59 bits per heavy atom. The van der Waals surface area contributed by atoms with Crippen molar-refractivity contribution in [2.75, 3.05) is 6.61 Å². The molecule has 136 valence electrons. The number of ether oxygens (including phenoxy) is 1. The van der Waals surface area contributed by atoms with Crippen LogP contribution in [0.25, 0.3) is 22.0 Å². The minimum absolute atomic E-state index is 0.504. The summed E-state index contributed by atoms with van der Waals surface area (Å²) in [6, 6.07) is 17.8. The van der Waals surface area contributed by atoms with E-state index >= 15 is 0 Å². The van der Waals surface area contributed by atoms with Crippen LogP contribution in [0.2, 0.25) is 0 Å². The van der Waals surface area contributed by atoms with E-state index < -0.39 is 0 Å². The predicted octanol–water partition coefficient (Wildman–Crippen LogP) is 5.55. The average molecular weight is 396 g/mol. The minimum Gasteiger partial charge on any atom is -0.494 e. The van der Waals surface area contributed by atoms with Crippen molar-refractivity contribution < 1.29 is 9.15 Å². The van der Waals surface area contributed by atoms with Crippen molar-refractivity contribution in [2.45, 2.75) is 17.9 Å². The molecule has 2 aromatic carbocycles. The quantitative estimate of drug-likeness (QED) is 0.382. The average Bonchev–Trinajstić information content (AvgIpc) is 3.38. The number of hydrogen-bond donors (Lipinski definition) is 0. The first kappa shape index (κ1) is 17.8. The van der Waals surface area contributed by atoms with E-state index in [-0.39, 0.29) is 0 Å². The number of benzene rings is 2. The molecule has 0 spiro atoms. The topological polar surface area (TPSA) is 61.0 Å². The third-order valence-electron chi connectivity index (χ3n) is 3.73. The number of thioether (sulfide) groups is 1. The van der Waals surface area contributed by atoms with Crippen LogP contribution in [0.3, 0.4) is 0 Å². The lowest BCUT2D eigenvalue weighted by Crippen LogP contribution is -1.90. The highest BCUT2D eigenvalue weighted by Gasteiger charge is 2.11. The molecule has 0 fully saturated rings. The summed E-state index contributed by atoms with van der Waals surface area (Å²) in [7, 11) is 0. The van der Waals surface area contributed by atoms with Crippen molar-refractivity contribution in [2.24, 2.45) is 0 Å². The molecule has 0 N–H and O–H groups in total. The molecule has 0 unspecified atom stereocenters. The molecule has 27 heavy (non-hydrogen) atoms. The van der Waals surface area contributed by atoms with Gasteiger partial charge in [0.05, 0.1) is 12.3 Å². The summed E-state index contributed by atoms with van der Waals surface area (Å²) in [5, 5.41) is 11.9. The summed E-state index contributed by atoms with van der Waals surface area (Å²) in [6.07, 6.45) is 0. The van der Waals surface area contributed by atoms with E-state index in [0.717, 1.165) is 27.6 Å². The van der Waals surface area contributed by atoms with Crippen LogP contribution in [0, 0.1) is 0 Å². The van der Waals surface area contributed by atoms with Gasteiger partial charge in [0.2, 0.25) is 5.89 Å². The van der Waals surface area contributed by atoms with Gasteiger partial charge in [-0.25, -0.2) is 4.98 Å². The van der Waals surface area contributed by atoms with Crippen molar-refractivity contribution in [3.05, 3.63) is 65.7 Å². The van der Waals surface area contributed by atoms with Crippen molar-refractivity contribution in [1.29, 1.82) is 0 Å². The van der Waals surface area contributed by atoms with Crippen LogP contribution in [0.15, 0.2) is 69.6 Å². The van der Waals surface area contributed by atoms with Crippen LogP contribution in [0.5, 0.6) is 5.75 Å². The van der Waals surface area contributed by atoms with Gasteiger partial charge in [0.25, 0.3) is 5.22 Å². The lowest BCUT2D eigenvalue weighted by molar-refractivity contribution is 0.340. The van der Waals surface area contributed by atoms with E-state index in [2.05, 4.69) is 32.7 Å². The molecule has 0 saturated heterocycles. The summed E-state index contributed by atoms with van der Waals surface area (Å²) in [5.74, 6) is 2.02. The van der Waals surface area contributed by atoms with Gasteiger partial charge < -0.3 is 9.15 Å². The fourth-order valence-electron chi connectivity index (χ4n) is 2.47. The first-order valence-electron chi connectivity index (χ1n) is 8.51. The molecule has 4 aromatic rings. The van der Waals surface area contributed by atoms with Crippen LogP contribution < -0.4 is 4.74 Å². The Morgan fingerprint density at radius 1 is 1.00 bits per heavy atom. The second-order valence-electron chi connectivity index (χ2n) is 5.63. The van der Waals surface area contributed by atoms with Gasteiger partial charge in [0.15, 0.2) is 0 Å². The van der Waals surface area contributed by atoms with Crippen LogP contribution in [0.1, 0.15) is 12.6 Å². The van der Waals surface area contributed by atoms with Gasteiger partial charge in [-0.15, -0.1) is 21.5 Å². The molecular formula is C20H17N3O2S2. The third kappa shape index (κ3) is 4.37. The minimum atomic E-state index is 0.504. The number of hydrogen-bond acceptors (Lipinski definition) is 7. The SMILES string of the molecule is CCOc1ccc(-c2nnc(SCc3csc(-c4ccccc4)n3)o2)cc1. The highest BCUT2D eigenvalue weighted by atomic mass is 32.2. The summed E-state index contributed by atoms with van der Waals surface area (Å²) in [5.41, 5.74) is 3.01. The fourth-order valence-corrected chi connectivity index (χ4v) is 4.05. The van der Waals surface area contributed by atoms with E-state index in [1.807, 2.05) is 49.4 Å². The normalized spacial score (nSPS) is 10.9. The van der Waals surface area contributed by atoms with Gasteiger partial charge >= 0.3 is 0 Å². The van der Waals surface area contributed by atoms with Crippen molar-refractivity contribution >= 4 is 23.1 Å². The predicted molar refractivity (Wildman–Crippen MR) is 108 cm³/mol. The van der Waals surface area contributed by atoms with Gasteiger partial charge in [-0.3, -0.25) is 0 Å². The van der Waals surface area contributed by atoms with E-state index in [0.29, 0.717) is 23.5 Å². The van der Waals surface area contributed by atoms with Gasteiger partial charge in [0.1, 0.15) is 10.8 Å². The number of thiazole rings is 1. The van der Waals surface area contributed by atoms with E-state index in [9.17, 15) is 0 Å². The van der Waals surface area contributed by atoms with Crippen molar-refractivity contribution in [3.63, 3.8) is 0 Å². The fraction of sp³-hybridized carbons (Fsp3) is 0.150. The van der Waals surface area contributed by atoms with E-state index in [4.69, 9.17) is 9.15 Å². The largest absolute Gasteiger partial charge is 0.494 e.